The molecule has 2 saturated heterocycles. The maximum atomic E-state index is 15.1. The van der Waals surface area contributed by atoms with E-state index in [1.165, 1.54) is 53.7 Å². The van der Waals surface area contributed by atoms with Crippen molar-refractivity contribution < 1.29 is 33.4 Å². The van der Waals surface area contributed by atoms with Crippen LogP contribution in [0.5, 0.6) is 11.5 Å². The summed E-state index contributed by atoms with van der Waals surface area (Å²) in [4.78, 5) is 60.2. The first-order valence-electron chi connectivity index (χ1n) is 16.9. The number of benzene rings is 3. The van der Waals surface area contributed by atoms with Crippen molar-refractivity contribution in [2.24, 2.45) is 29.6 Å². The Bertz CT molecular complexity index is 2150. The molecule has 1 saturated carbocycles. The molecule has 0 bridgehead atoms. The number of likely N-dealkylation sites (tertiary alicyclic amines) is 1. The average Bonchev–Trinajstić information content (AvgIpc) is 3.81. The molecule has 4 aromatic rings. The second kappa shape index (κ2) is 13.1. The van der Waals surface area contributed by atoms with Gasteiger partial charge in [-0.3, -0.25) is 29.5 Å². The number of allylic oxidation sites excluding steroid dienone is 3. The van der Waals surface area contributed by atoms with Crippen molar-refractivity contribution in [3.05, 3.63) is 129 Å². The van der Waals surface area contributed by atoms with Gasteiger partial charge < -0.3 is 9.84 Å². The van der Waals surface area contributed by atoms with Crippen molar-refractivity contribution in [2.45, 2.75) is 24.8 Å². The second-order valence-corrected chi connectivity index (χ2v) is 15.0. The number of anilines is 1. The van der Waals surface area contributed by atoms with E-state index in [1.54, 1.807) is 36.4 Å². The van der Waals surface area contributed by atoms with Gasteiger partial charge in [-0.25, -0.2) is 4.39 Å². The largest absolute Gasteiger partial charge is 0.504 e. The molecule has 9 nitrogen and oxygen atoms in total. The van der Waals surface area contributed by atoms with Crippen LogP contribution in [0.15, 0.2) is 102 Å². The highest BCUT2D eigenvalue weighted by Crippen LogP contribution is 2.61. The number of carbonyl (C=O) groups is 4. The zero-order valence-corrected chi connectivity index (χ0v) is 29.4. The summed E-state index contributed by atoms with van der Waals surface area (Å²) < 4.78 is 19.2. The number of fused-ring (bicyclic) bond motifs is 4. The summed E-state index contributed by atoms with van der Waals surface area (Å²) in [6.45, 7) is 0.182. The lowest BCUT2D eigenvalue weighted by Crippen LogP contribution is -2.54. The van der Waals surface area contributed by atoms with Crippen LogP contribution in [-0.2, 0) is 31.1 Å². The number of amides is 4. The monoisotopic (exact) mass is 737 g/mol. The fraction of sp³-hybridized carbons (Fsp3) is 0.250. The summed E-state index contributed by atoms with van der Waals surface area (Å²) in [6.07, 6.45) is 6.13. The van der Waals surface area contributed by atoms with E-state index in [1.807, 2.05) is 35.7 Å². The molecular weight excluding hydrogens is 705 g/mol. The van der Waals surface area contributed by atoms with E-state index in [2.05, 4.69) is 5.43 Å². The number of halogens is 2. The molecule has 3 fully saturated rings. The van der Waals surface area contributed by atoms with Crippen LogP contribution in [0.3, 0.4) is 0 Å². The van der Waals surface area contributed by atoms with Gasteiger partial charge in [-0.1, -0.05) is 59.7 Å². The third kappa shape index (κ3) is 5.33. The number of hydrogen-bond acceptors (Lipinski definition) is 8. The number of hydrogen-bond donors (Lipinski definition) is 2. The Morgan fingerprint density at radius 1 is 1.00 bits per heavy atom. The highest BCUT2D eigenvalue weighted by Gasteiger charge is 2.69. The Morgan fingerprint density at radius 2 is 1.77 bits per heavy atom. The molecule has 0 spiro atoms. The molecule has 3 heterocycles. The standard InChI is InChI=1S/C40H33ClFN3O6S/c1-51-34-19-22(5-17-33(34)46)4-16-31-28-14-15-29-35(38(49)44(36(29)47)21-27-3-2-18-52-27)30(28)20-32-37(48)45(43-26-12-10-25(42)11-13-26)39(50)40(31,32)23-6-8-24(41)9-7-23/h2-14,16-19,29-32,35,43,46H,15,20-21H2,1H3. The normalized spacial score (nSPS) is 26.8. The fourth-order valence-electron chi connectivity index (χ4n) is 8.69. The van der Waals surface area contributed by atoms with Crippen LogP contribution in [0.25, 0.3) is 6.08 Å². The molecule has 6 unspecified atom stereocenters. The van der Waals surface area contributed by atoms with Crippen molar-refractivity contribution >= 4 is 58.3 Å². The van der Waals surface area contributed by atoms with Gasteiger partial charge >= 0.3 is 0 Å². The minimum atomic E-state index is -1.48. The number of hydrazine groups is 1. The lowest BCUT2D eigenvalue weighted by molar-refractivity contribution is -0.141. The van der Waals surface area contributed by atoms with Gasteiger partial charge in [0.2, 0.25) is 11.8 Å². The average molecular weight is 738 g/mol. The lowest BCUT2D eigenvalue weighted by atomic mass is 9.50. The summed E-state index contributed by atoms with van der Waals surface area (Å²) in [6, 6.07) is 20.9. The summed E-state index contributed by atoms with van der Waals surface area (Å²) in [7, 11) is 1.45. The zero-order valence-electron chi connectivity index (χ0n) is 27.9. The van der Waals surface area contributed by atoms with Gasteiger partial charge in [0, 0.05) is 15.8 Å². The number of rotatable bonds is 8. The van der Waals surface area contributed by atoms with E-state index in [9.17, 15) is 23.9 Å². The van der Waals surface area contributed by atoms with E-state index in [4.69, 9.17) is 16.3 Å². The van der Waals surface area contributed by atoms with E-state index < -0.39 is 52.6 Å². The first kappa shape index (κ1) is 33.9. The molecule has 4 aliphatic rings. The Balaban J connectivity index is 1.28. The molecule has 2 aliphatic carbocycles. The quantitative estimate of drug-likeness (QED) is 0.148. The molecule has 0 radical (unpaired) electrons. The number of aromatic hydroxyl groups is 1. The highest BCUT2D eigenvalue weighted by molar-refractivity contribution is 7.09. The molecule has 264 valence electrons. The minimum Gasteiger partial charge on any atom is -0.504 e. The van der Waals surface area contributed by atoms with Gasteiger partial charge in [-0.15, -0.1) is 11.3 Å². The third-order valence-corrected chi connectivity index (χ3v) is 12.1. The maximum absolute atomic E-state index is 15.1. The molecule has 52 heavy (non-hydrogen) atoms. The first-order chi connectivity index (χ1) is 25.1. The van der Waals surface area contributed by atoms with Crippen molar-refractivity contribution in [1.29, 1.82) is 0 Å². The first-order valence-corrected chi connectivity index (χ1v) is 18.2. The number of thiophene rings is 1. The van der Waals surface area contributed by atoms with Crippen molar-refractivity contribution in [3.63, 3.8) is 0 Å². The van der Waals surface area contributed by atoms with Gasteiger partial charge in [0.1, 0.15) is 5.82 Å². The summed E-state index contributed by atoms with van der Waals surface area (Å²) in [5.74, 6) is -5.27. The molecule has 8 rings (SSSR count). The molecular formula is C40H33ClFN3O6S. The third-order valence-electron chi connectivity index (χ3n) is 11.0. The predicted octanol–water partition coefficient (Wildman–Crippen LogP) is 6.99. The summed E-state index contributed by atoms with van der Waals surface area (Å²) in [5, 5.41) is 13.6. The van der Waals surface area contributed by atoms with Crippen molar-refractivity contribution in [1.82, 2.24) is 9.91 Å². The topological polar surface area (TPSA) is 116 Å². The maximum Gasteiger partial charge on any atom is 0.260 e. The van der Waals surface area contributed by atoms with Crippen LogP contribution < -0.4 is 10.2 Å². The van der Waals surface area contributed by atoms with E-state index in [0.717, 1.165) is 15.5 Å². The van der Waals surface area contributed by atoms with Gasteiger partial charge in [0.25, 0.3) is 11.8 Å². The van der Waals surface area contributed by atoms with Crippen molar-refractivity contribution in [2.75, 3.05) is 12.5 Å². The highest BCUT2D eigenvalue weighted by atomic mass is 35.5. The van der Waals surface area contributed by atoms with Crippen molar-refractivity contribution in [3.8, 4) is 11.5 Å². The van der Waals surface area contributed by atoms with Crippen LogP contribution in [-0.4, -0.2) is 45.8 Å². The second-order valence-electron chi connectivity index (χ2n) is 13.6. The zero-order chi connectivity index (χ0) is 36.3. The van der Waals surface area contributed by atoms with Gasteiger partial charge in [0.15, 0.2) is 11.5 Å². The summed E-state index contributed by atoms with van der Waals surface area (Å²) in [5.41, 5.74) is 3.84. The van der Waals surface area contributed by atoms with E-state index in [0.29, 0.717) is 28.3 Å². The molecule has 2 aliphatic heterocycles. The number of nitrogens with zero attached hydrogens (tertiary/aromatic N) is 2. The molecule has 12 heteroatoms. The Hall–Kier alpha value is -5.26. The van der Waals surface area contributed by atoms with Crippen LogP contribution in [0.2, 0.25) is 5.02 Å². The number of phenols is 1. The smallest absolute Gasteiger partial charge is 0.260 e. The van der Waals surface area contributed by atoms with E-state index >= 15 is 4.79 Å². The Kier molecular flexibility index (Phi) is 8.50. The number of ether oxygens (including phenoxy) is 1. The number of imide groups is 2. The Labute approximate surface area is 307 Å². The molecule has 2 N–H and O–H groups in total. The van der Waals surface area contributed by atoms with Gasteiger partial charge in [-0.2, -0.15) is 5.01 Å². The SMILES string of the molecule is COc1cc(C=CC2C3=CCC4C(=O)N(Cc5cccs5)C(=O)C4C3CC3C(=O)N(Nc4ccc(F)cc4)C(=O)C23c2ccc(Cl)cc2)ccc1O. The van der Waals surface area contributed by atoms with Gasteiger partial charge in [-0.05, 0) is 89.9 Å². The van der Waals surface area contributed by atoms with Crippen LogP contribution >= 0.6 is 22.9 Å². The number of methoxy groups -OCH3 is 1. The van der Waals surface area contributed by atoms with Crippen LogP contribution in [0.4, 0.5) is 10.1 Å². The summed E-state index contributed by atoms with van der Waals surface area (Å²) >= 11 is 7.83. The van der Waals surface area contributed by atoms with Crippen LogP contribution in [0.1, 0.15) is 28.8 Å². The Morgan fingerprint density at radius 3 is 2.48 bits per heavy atom. The minimum absolute atomic E-state index is 0.0355. The lowest BCUT2D eigenvalue weighted by Gasteiger charge is -2.49. The molecule has 4 amide bonds. The van der Waals surface area contributed by atoms with Crippen LogP contribution in [0, 0.1) is 35.4 Å². The fourth-order valence-corrected chi connectivity index (χ4v) is 9.50. The number of phenolic OH excluding ortho intramolecular Hbond substituents is 1. The number of carbonyl (C=O) groups excluding carboxylic acids is 4. The van der Waals surface area contributed by atoms with Gasteiger partial charge in [0.05, 0.1) is 42.5 Å². The molecule has 1 aromatic heterocycles. The predicted molar refractivity (Wildman–Crippen MR) is 193 cm³/mol. The number of nitrogens with one attached hydrogen (secondary N) is 1. The molecule has 6 atom stereocenters. The molecule has 3 aromatic carbocycles. The van der Waals surface area contributed by atoms with E-state index in [-0.39, 0.29) is 36.3 Å².